The summed E-state index contributed by atoms with van der Waals surface area (Å²) < 4.78 is 0.859. The van der Waals surface area contributed by atoms with Crippen molar-refractivity contribution in [2.45, 2.75) is 0 Å². The summed E-state index contributed by atoms with van der Waals surface area (Å²) in [5.41, 5.74) is 6.22. The topological polar surface area (TPSA) is 115 Å². The summed E-state index contributed by atoms with van der Waals surface area (Å²) in [5, 5.41) is 18.8. The minimum absolute atomic E-state index is 0.0208. The number of aromatic hydroxyl groups is 2. The molecule has 0 bridgehead atoms. The molecule has 0 saturated heterocycles. The first-order chi connectivity index (χ1) is 9.93. The Hall–Kier alpha value is -2.23. The van der Waals surface area contributed by atoms with Crippen molar-refractivity contribution in [3.05, 3.63) is 41.5 Å². The Bertz CT molecular complexity index is 691. The van der Waals surface area contributed by atoms with Crippen LogP contribution >= 0.6 is 22.6 Å². The van der Waals surface area contributed by atoms with E-state index in [0.717, 1.165) is 12.1 Å². The van der Waals surface area contributed by atoms with Crippen molar-refractivity contribution >= 4 is 40.0 Å². The zero-order valence-electron chi connectivity index (χ0n) is 10.6. The fraction of sp³-hybridized carbons (Fsp3) is 0.0769. The number of carbonyl (C=O) groups is 2. The van der Waals surface area contributed by atoms with Crippen LogP contribution < -0.4 is 10.6 Å². The van der Waals surface area contributed by atoms with E-state index in [1.807, 2.05) is 22.6 Å². The number of hydrogen-bond acceptors (Lipinski definition) is 6. The average molecular weight is 402 g/mol. The Balaban J connectivity index is 2.26. The molecule has 0 unspecified atom stereocenters. The molecule has 21 heavy (non-hydrogen) atoms. The Labute approximate surface area is 133 Å². The maximum Gasteiger partial charge on any atom is 0.366 e. The number of nitrogens with zero attached hydrogens (tertiary/aromatic N) is 1. The van der Waals surface area contributed by atoms with E-state index in [2.05, 4.69) is 0 Å². The number of hydrogen-bond donors (Lipinski definition) is 3. The molecule has 0 aliphatic heterocycles. The summed E-state index contributed by atoms with van der Waals surface area (Å²) in [6.07, 6.45) is 0. The fourth-order valence-electron chi connectivity index (χ4n) is 1.63. The molecule has 0 aliphatic carbocycles. The Morgan fingerprint density at radius 3 is 2.33 bits per heavy atom. The number of halogens is 1. The third kappa shape index (κ3) is 3.10. The van der Waals surface area contributed by atoms with Gasteiger partial charge in [0.1, 0.15) is 0 Å². The molecule has 2 rings (SSSR count). The SMILES string of the molecule is Nc1cc(C(=O)CI)ccc1C(=O)On1c(O)ccc1O. The minimum atomic E-state index is -0.872. The molecule has 0 spiro atoms. The van der Waals surface area contributed by atoms with Crippen LogP contribution in [0, 0.1) is 0 Å². The van der Waals surface area contributed by atoms with Gasteiger partial charge in [-0.15, -0.1) is 4.73 Å². The molecule has 0 fully saturated rings. The van der Waals surface area contributed by atoms with Crippen molar-refractivity contribution in [3.8, 4) is 11.8 Å². The predicted octanol–water partition coefficient (Wildman–Crippen LogP) is 1.37. The summed E-state index contributed by atoms with van der Waals surface area (Å²) in [4.78, 5) is 28.3. The first kappa shape index (κ1) is 15.2. The summed E-state index contributed by atoms with van der Waals surface area (Å²) in [6.45, 7) is 0. The molecule has 0 aliphatic rings. The molecule has 1 aromatic heterocycles. The van der Waals surface area contributed by atoms with Crippen molar-refractivity contribution < 1.29 is 24.6 Å². The van der Waals surface area contributed by atoms with Gasteiger partial charge in [0, 0.05) is 23.4 Å². The maximum atomic E-state index is 12.0. The van der Waals surface area contributed by atoms with Gasteiger partial charge in [-0.3, -0.25) is 4.79 Å². The molecule has 1 aromatic carbocycles. The van der Waals surface area contributed by atoms with Crippen LogP contribution in [0.2, 0.25) is 0 Å². The second kappa shape index (κ2) is 6.04. The number of carbonyl (C=O) groups excluding carboxylic acids is 2. The van der Waals surface area contributed by atoms with Gasteiger partial charge in [-0.05, 0) is 12.1 Å². The van der Waals surface area contributed by atoms with Crippen molar-refractivity contribution in [3.63, 3.8) is 0 Å². The molecule has 110 valence electrons. The summed E-state index contributed by atoms with van der Waals surface area (Å²) in [6, 6.07) is 6.52. The highest BCUT2D eigenvalue weighted by molar-refractivity contribution is 14.1. The van der Waals surface area contributed by atoms with Crippen LogP contribution in [-0.2, 0) is 0 Å². The molecule has 7 nitrogen and oxygen atoms in total. The second-order valence-corrected chi connectivity index (χ2v) is 4.84. The Morgan fingerprint density at radius 2 is 1.81 bits per heavy atom. The quantitative estimate of drug-likeness (QED) is 0.308. The highest BCUT2D eigenvalue weighted by atomic mass is 127. The predicted molar refractivity (Wildman–Crippen MR) is 82.7 cm³/mol. The number of nitrogen functional groups attached to an aromatic ring is 1. The number of Topliss-reactive ketones (excluding diaryl/α,β-unsaturated/α-hetero) is 1. The molecule has 4 N–H and O–H groups in total. The lowest BCUT2D eigenvalue weighted by atomic mass is 10.1. The number of alkyl halides is 1. The van der Waals surface area contributed by atoms with Crippen LogP contribution in [0.3, 0.4) is 0 Å². The van der Waals surface area contributed by atoms with Gasteiger partial charge in [-0.1, -0.05) is 28.7 Å². The molecule has 0 radical (unpaired) electrons. The molecule has 0 atom stereocenters. The van der Waals surface area contributed by atoms with E-state index < -0.39 is 17.7 Å². The lowest BCUT2D eigenvalue weighted by molar-refractivity contribution is 0.0383. The fourth-order valence-corrected chi connectivity index (χ4v) is 2.07. The van der Waals surface area contributed by atoms with E-state index in [-0.39, 0.29) is 17.0 Å². The van der Waals surface area contributed by atoms with Gasteiger partial charge in [0.05, 0.1) is 9.99 Å². The van der Waals surface area contributed by atoms with Gasteiger partial charge in [-0.25, -0.2) is 4.79 Å². The summed E-state index contributed by atoms with van der Waals surface area (Å²) in [7, 11) is 0. The number of aromatic nitrogens is 1. The van der Waals surface area contributed by atoms with E-state index in [9.17, 15) is 19.8 Å². The highest BCUT2D eigenvalue weighted by Gasteiger charge is 2.17. The van der Waals surface area contributed by atoms with Gasteiger partial charge >= 0.3 is 5.97 Å². The van der Waals surface area contributed by atoms with E-state index in [4.69, 9.17) is 10.6 Å². The van der Waals surface area contributed by atoms with Gasteiger partial charge in [0.15, 0.2) is 5.78 Å². The van der Waals surface area contributed by atoms with E-state index in [1.54, 1.807) is 0 Å². The van der Waals surface area contributed by atoms with Crippen LogP contribution in [0.4, 0.5) is 5.69 Å². The minimum Gasteiger partial charge on any atom is -0.492 e. The van der Waals surface area contributed by atoms with E-state index in [1.165, 1.54) is 18.2 Å². The van der Waals surface area contributed by atoms with Gasteiger partial charge in [0.2, 0.25) is 11.8 Å². The first-order valence-electron chi connectivity index (χ1n) is 5.75. The molecule has 8 heteroatoms. The summed E-state index contributed by atoms with van der Waals surface area (Å²) >= 11 is 1.93. The molecule has 2 aromatic rings. The first-order valence-corrected chi connectivity index (χ1v) is 7.27. The van der Waals surface area contributed by atoms with Crippen molar-refractivity contribution in [1.29, 1.82) is 0 Å². The smallest absolute Gasteiger partial charge is 0.366 e. The molecular weight excluding hydrogens is 391 g/mol. The zero-order chi connectivity index (χ0) is 15.6. The van der Waals surface area contributed by atoms with Crippen LogP contribution in [0.1, 0.15) is 20.7 Å². The second-order valence-electron chi connectivity index (χ2n) is 4.08. The maximum absolute atomic E-state index is 12.0. The normalized spacial score (nSPS) is 10.3. The van der Waals surface area contributed by atoms with Gasteiger partial charge in [0.25, 0.3) is 0 Å². The van der Waals surface area contributed by atoms with Crippen molar-refractivity contribution in [1.82, 2.24) is 4.73 Å². The van der Waals surface area contributed by atoms with Crippen LogP contribution in [0.25, 0.3) is 0 Å². The summed E-state index contributed by atoms with van der Waals surface area (Å²) in [5.74, 6) is -1.85. The molecular formula is C13H11IN2O5. The van der Waals surface area contributed by atoms with Gasteiger partial charge < -0.3 is 20.8 Å². The average Bonchev–Trinajstić information content (AvgIpc) is 2.78. The van der Waals surface area contributed by atoms with Crippen molar-refractivity contribution in [2.24, 2.45) is 0 Å². The Kier molecular flexibility index (Phi) is 4.36. The molecule has 1 heterocycles. The monoisotopic (exact) mass is 402 g/mol. The number of benzene rings is 1. The highest BCUT2D eigenvalue weighted by Crippen LogP contribution is 2.21. The van der Waals surface area contributed by atoms with Crippen LogP contribution in [-0.4, -0.2) is 31.1 Å². The third-order valence-electron chi connectivity index (χ3n) is 2.69. The number of ketones is 1. The third-order valence-corrected chi connectivity index (χ3v) is 3.38. The number of anilines is 1. The van der Waals surface area contributed by atoms with Crippen molar-refractivity contribution in [2.75, 3.05) is 10.2 Å². The van der Waals surface area contributed by atoms with Gasteiger partial charge in [-0.2, -0.15) is 0 Å². The van der Waals surface area contributed by atoms with Crippen LogP contribution in [0.15, 0.2) is 30.3 Å². The number of rotatable bonds is 4. The van der Waals surface area contributed by atoms with E-state index >= 15 is 0 Å². The Morgan fingerprint density at radius 1 is 1.19 bits per heavy atom. The molecule has 0 saturated carbocycles. The number of nitrogens with two attached hydrogens (primary N) is 1. The van der Waals surface area contributed by atoms with Crippen LogP contribution in [0.5, 0.6) is 11.8 Å². The standard InChI is InChI=1S/C13H11IN2O5/c14-6-10(17)7-1-2-8(9(15)5-7)13(20)21-16-11(18)3-4-12(16)19/h1-5,18-19H,6,15H2. The lowest BCUT2D eigenvalue weighted by Crippen LogP contribution is -2.20. The largest absolute Gasteiger partial charge is 0.492 e. The molecule has 0 amide bonds. The van der Waals surface area contributed by atoms with E-state index in [0.29, 0.717) is 14.7 Å². The zero-order valence-corrected chi connectivity index (χ0v) is 12.8. The lowest BCUT2D eigenvalue weighted by Gasteiger charge is -2.09.